The Hall–Kier alpha value is -2.60. The minimum atomic E-state index is -1.17. The molecule has 1 saturated heterocycles. The van der Waals surface area contributed by atoms with Gasteiger partial charge in [-0.2, -0.15) is 0 Å². The van der Waals surface area contributed by atoms with E-state index in [1.54, 1.807) is 6.92 Å². The summed E-state index contributed by atoms with van der Waals surface area (Å²) in [5.74, 6) is -1.74. The predicted molar refractivity (Wildman–Crippen MR) is 92.7 cm³/mol. The van der Waals surface area contributed by atoms with E-state index >= 15 is 0 Å². The Labute approximate surface area is 146 Å². The monoisotopic (exact) mass is 342 g/mol. The van der Waals surface area contributed by atoms with Crippen LogP contribution in [0.4, 0.5) is 0 Å². The zero-order chi connectivity index (χ0) is 17.8. The van der Waals surface area contributed by atoms with E-state index < -0.39 is 11.9 Å². The molecule has 3 rings (SSSR count). The largest absolute Gasteiger partial charge is 0.475 e. The zero-order valence-corrected chi connectivity index (χ0v) is 14.2. The van der Waals surface area contributed by atoms with Crippen LogP contribution in [0, 0.1) is 6.92 Å². The number of hydrogen-bond donors (Lipinski definition) is 2. The van der Waals surface area contributed by atoms with Gasteiger partial charge in [0.25, 0.3) is 5.91 Å². The summed E-state index contributed by atoms with van der Waals surface area (Å²) < 4.78 is 5.22. The number of nitrogens with zero attached hydrogens (tertiary/aromatic N) is 1. The highest BCUT2D eigenvalue weighted by atomic mass is 16.4. The van der Waals surface area contributed by atoms with Crippen LogP contribution in [0.3, 0.4) is 0 Å². The maximum atomic E-state index is 12.6. The van der Waals surface area contributed by atoms with Crippen molar-refractivity contribution in [3.63, 3.8) is 0 Å². The highest BCUT2D eigenvalue weighted by Gasteiger charge is 2.24. The average molecular weight is 342 g/mol. The fourth-order valence-corrected chi connectivity index (χ4v) is 3.18. The second kappa shape index (κ2) is 7.53. The molecule has 0 radical (unpaired) electrons. The lowest BCUT2D eigenvalue weighted by Crippen LogP contribution is -2.36. The Morgan fingerprint density at radius 2 is 1.92 bits per heavy atom. The first-order chi connectivity index (χ1) is 12.0. The van der Waals surface area contributed by atoms with Crippen LogP contribution in [0.1, 0.15) is 51.1 Å². The summed E-state index contributed by atoms with van der Waals surface area (Å²) in [7, 11) is 0. The number of aryl methyl sites for hydroxylation is 1. The van der Waals surface area contributed by atoms with Gasteiger partial charge in [0.15, 0.2) is 5.76 Å². The Bertz CT molecular complexity index is 748. The van der Waals surface area contributed by atoms with Gasteiger partial charge < -0.3 is 19.7 Å². The van der Waals surface area contributed by atoms with Gasteiger partial charge in [-0.1, -0.05) is 30.3 Å². The van der Waals surface area contributed by atoms with E-state index in [-0.39, 0.29) is 17.6 Å². The van der Waals surface area contributed by atoms with E-state index in [0.29, 0.717) is 5.56 Å². The number of carbonyl (C=O) groups is 2. The number of carboxylic acid groups (broad SMARTS) is 1. The third-order valence-electron chi connectivity index (χ3n) is 4.48. The van der Waals surface area contributed by atoms with E-state index in [1.165, 1.54) is 18.9 Å². The molecule has 1 aromatic heterocycles. The maximum absolute atomic E-state index is 12.6. The second-order valence-electron chi connectivity index (χ2n) is 6.37. The van der Waals surface area contributed by atoms with Crippen LogP contribution in [0.15, 0.2) is 40.8 Å². The molecule has 1 unspecified atom stereocenters. The van der Waals surface area contributed by atoms with Crippen molar-refractivity contribution in [3.05, 3.63) is 59.0 Å². The minimum absolute atomic E-state index is 0.0252. The summed E-state index contributed by atoms with van der Waals surface area (Å²) >= 11 is 0. The molecule has 2 heterocycles. The average Bonchev–Trinajstić information content (AvgIpc) is 3.24. The fourth-order valence-electron chi connectivity index (χ4n) is 3.18. The molecule has 0 bridgehead atoms. The smallest absolute Gasteiger partial charge is 0.372 e. The van der Waals surface area contributed by atoms with Gasteiger partial charge >= 0.3 is 5.97 Å². The summed E-state index contributed by atoms with van der Waals surface area (Å²) in [6.07, 6.45) is 2.35. The summed E-state index contributed by atoms with van der Waals surface area (Å²) in [6, 6.07) is 11.1. The lowest BCUT2D eigenvalue weighted by molar-refractivity contribution is 0.0658. The lowest BCUT2D eigenvalue weighted by Gasteiger charge is -2.24. The first-order valence-electron chi connectivity index (χ1n) is 8.46. The standard InChI is InChI=1S/C19H22N2O4/c1-13-11-16(25-17(13)19(23)24)18(22)20-15(12-21-9-5-6-10-21)14-7-3-2-4-8-14/h2-4,7-8,11,15H,5-6,9-10,12H2,1H3,(H,20,22)(H,23,24). The van der Waals surface area contributed by atoms with Crippen molar-refractivity contribution in [1.82, 2.24) is 10.2 Å². The van der Waals surface area contributed by atoms with Crippen LogP contribution in [0.25, 0.3) is 0 Å². The normalized spacial score (nSPS) is 15.9. The van der Waals surface area contributed by atoms with Gasteiger partial charge in [0.05, 0.1) is 6.04 Å². The Kier molecular flexibility index (Phi) is 5.19. The third kappa shape index (κ3) is 4.09. The topological polar surface area (TPSA) is 82.8 Å². The molecule has 1 amide bonds. The van der Waals surface area contributed by atoms with Gasteiger partial charge in [0.1, 0.15) is 0 Å². The number of hydrogen-bond acceptors (Lipinski definition) is 4. The van der Waals surface area contributed by atoms with Crippen molar-refractivity contribution in [2.75, 3.05) is 19.6 Å². The zero-order valence-electron chi connectivity index (χ0n) is 14.2. The molecule has 132 valence electrons. The van der Waals surface area contributed by atoms with Crippen LogP contribution in [-0.2, 0) is 0 Å². The summed E-state index contributed by atoms with van der Waals surface area (Å²) in [4.78, 5) is 26.0. The number of rotatable bonds is 6. The van der Waals surface area contributed by atoms with Crippen LogP contribution in [0.2, 0.25) is 0 Å². The van der Waals surface area contributed by atoms with Crippen molar-refractivity contribution in [2.45, 2.75) is 25.8 Å². The number of furan rings is 1. The van der Waals surface area contributed by atoms with E-state index in [2.05, 4.69) is 10.2 Å². The SMILES string of the molecule is Cc1cc(C(=O)NC(CN2CCCC2)c2ccccc2)oc1C(=O)O. The molecule has 1 aliphatic rings. The molecule has 1 fully saturated rings. The number of carboxylic acids is 1. The molecule has 25 heavy (non-hydrogen) atoms. The summed E-state index contributed by atoms with van der Waals surface area (Å²) in [5, 5.41) is 12.1. The van der Waals surface area contributed by atoms with Gasteiger partial charge in [0, 0.05) is 12.1 Å². The maximum Gasteiger partial charge on any atom is 0.372 e. The molecule has 6 nitrogen and oxygen atoms in total. The highest BCUT2D eigenvalue weighted by molar-refractivity contribution is 5.94. The number of aromatic carboxylic acids is 1. The third-order valence-corrected chi connectivity index (χ3v) is 4.48. The summed E-state index contributed by atoms with van der Waals surface area (Å²) in [5.41, 5.74) is 1.46. The molecule has 0 saturated carbocycles. The van der Waals surface area contributed by atoms with Gasteiger partial charge in [-0.05, 0) is 44.5 Å². The van der Waals surface area contributed by atoms with E-state index in [0.717, 1.165) is 25.2 Å². The van der Waals surface area contributed by atoms with Crippen LogP contribution < -0.4 is 5.32 Å². The molecular weight excluding hydrogens is 320 g/mol. The van der Waals surface area contributed by atoms with Crippen LogP contribution >= 0.6 is 0 Å². The molecule has 1 aromatic carbocycles. The highest BCUT2D eigenvalue weighted by Crippen LogP contribution is 2.20. The number of carbonyl (C=O) groups excluding carboxylic acids is 1. The quantitative estimate of drug-likeness (QED) is 0.843. The van der Waals surface area contributed by atoms with Crippen molar-refractivity contribution in [3.8, 4) is 0 Å². The molecular formula is C19H22N2O4. The first kappa shape index (κ1) is 17.2. The summed E-state index contributed by atoms with van der Waals surface area (Å²) in [6.45, 7) is 4.40. The first-order valence-corrected chi connectivity index (χ1v) is 8.46. The lowest BCUT2D eigenvalue weighted by atomic mass is 10.1. The van der Waals surface area contributed by atoms with Crippen LogP contribution in [0.5, 0.6) is 0 Å². The van der Waals surface area contributed by atoms with E-state index in [4.69, 9.17) is 9.52 Å². The number of benzene rings is 1. The second-order valence-corrected chi connectivity index (χ2v) is 6.37. The minimum Gasteiger partial charge on any atom is -0.475 e. The Morgan fingerprint density at radius 3 is 2.52 bits per heavy atom. The van der Waals surface area contributed by atoms with Crippen LogP contribution in [-0.4, -0.2) is 41.5 Å². The van der Waals surface area contributed by atoms with Gasteiger partial charge in [0.2, 0.25) is 5.76 Å². The Morgan fingerprint density at radius 1 is 1.24 bits per heavy atom. The van der Waals surface area contributed by atoms with E-state index in [9.17, 15) is 9.59 Å². The number of amides is 1. The van der Waals surface area contributed by atoms with Gasteiger partial charge in [-0.3, -0.25) is 4.79 Å². The molecule has 1 aliphatic heterocycles. The van der Waals surface area contributed by atoms with E-state index in [1.807, 2.05) is 30.3 Å². The van der Waals surface area contributed by atoms with Crippen molar-refractivity contribution < 1.29 is 19.1 Å². The van der Waals surface area contributed by atoms with Crippen molar-refractivity contribution >= 4 is 11.9 Å². The Balaban J connectivity index is 1.78. The number of likely N-dealkylation sites (tertiary alicyclic amines) is 1. The van der Waals surface area contributed by atoms with Gasteiger partial charge in [-0.25, -0.2) is 4.79 Å². The number of nitrogens with one attached hydrogen (secondary N) is 1. The predicted octanol–water partition coefficient (Wildman–Crippen LogP) is 2.85. The molecule has 0 aliphatic carbocycles. The molecule has 2 aromatic rings. The fraction of sp³-hybridized carbons (Fsp3) is 0.368. The molecule has 2 N–H and O–H groups in total. The molecule has 1 atom stereocenters. The molecule has 6 heteroatoms. The van der Waals surface area contributed by atoms with Crippen molar-refractivity contribution in [1.29, 1.82) is 0 Å². The molecule has 0 spiro atoms. The van der Waals surface area contributed by atoms with Crippen molar-refractivity contribution in [2.24, 2.45) is 0 Å². The van der Waals surface area contributed by atoms with Gasteiger partial charge in [-0.15, -0.1) is 0 Å².